The molecule has 0 unspecified atom stereocenters. The Morgan fingerprint density at radius 2 is 1.48 bits per heavy atom. The van der Waals surface area contributed by atoms with Gasteiger partial charge in [0.25, 0.3) is 17.7 Å². The molecule has 3 aromatic rings. The summed E-state index contributed by atoms with van der Waals surface area (Å²) in [5.41, 5.74) is 1.16. The third-order valence-electron chi connectivity index (χ3n) is 3.99. The molecule has 29 heavy (non-hydrogen) atoms. The fraction of sp³-hybridized carbons (Fsp3) is 0.0952. The fourth-order valence-electron chi connectivity index (χ4n) is 2.54. The summed E-state index contributed by atoms with van der Waals surface area (Å²) in [6.07, 6.45) is 0. The molecule has 0 aliphatic heterocycles. The summed E-state index contributed by atoms with van der Waals surface area (Å²) < 4.78 is 0. The Labute approximate surface area is 171 Å². The van der Waals surface area contributed by atoms with Crippen LogP contribution in [0.2, 0.25) is 0 Å². The molecule has 1 aromatic heterocycles. The Morgan fingerprint density at radius 3 is 2.17 bits per heavy atom. The van der Waals surface area contributed by atoms with E-state index in [1.165, 1.54) is 35.6 Å². The molecule has 0 radical (unpaired) electrons. The molecule has 8 heteroatoms. The summed E-state index contributed by atoms with van der Waals surface area (Å²) in [5, 5.41) is 19.2. The SMILES string of the molecule is O=C(NCCNC(=O)c1ccccc1NC(=O)c1cccs1)c1ccc(O)cc1. The summed E-state index contributed by atoms with van der Waals surface area (Å²) in [4.78, 5) is 37.3. The van der Waals surface area contributed by atoms with Crippen molar-refractivity contribution >= 4 is 34.7 Å². The van der Waals surface area contributed by atoms with E-state index in [4.69, 9.17) is 0 Å². The Balaban J connectivity index is 1.52. The quantitative estimate of drug-likeness (QED) is 0.450. The van der Waals surface area contributed by atoms with Gasteiger partial charge in [0.2, 0.25) is 0 Å². The molecule has 4 N–H and O–H groups in total. The molecule has 0 aliphatic rings. The summed E-state index contributed by atoms with van der Waals surface area (Å²) in [6, 6.07) is 16.1. The lowest BCUT2D eigenvalue weighted by Gasteiger charge is -2.11. The molecule has 0 atom stereocenters. The van der Waals surface area contributed by atoms with Gasteiger partial charge in [-0.2, -0.15) is 0 Å². The van der Waals surface area contributed by atoms with Gasteiger partial charge in [0, 0.05) is 18.7 Å². The number of carbonyl (C=O) groups excluding carboxylic acids is 3. The van der Waals surface area contributed by atoms with Crippen LogP contribution in [0, 0.1) is 0 Å². The monoisotopic (exact) mass is 409 g/mol. The van der Waals surface area contributed by atoms with Gasteiger partial charge in [-0.1, -0.05) is 18.2 Å². The van der Waals surface area contributed by atoms with Gasteiger partial charge in [0.15, 0.2) is 0 Å². The molecule has 0 saturated carbocycles. The lowest BCUT2D eigenvalue weighted by Crippen LogP contribution is -2.35. The molecule has 3 rings (SSSR count). The van der Waals surface area contributed by atoms with E-state index in [1.807, 2.05) is 0 Å². The van der Waals surface area contributed by atoms with E-state index in [-0.39, 0.29) is 36.6 Å². The largest absolute Gasteiger partial charge is 0.508 e. The first kappa shape index (κ1) is 20.1. The van der Waals surface area contributed by atoms with E-state index < -0.39 is 0 Å². The molecule has 1 heterocycles. The number of amides is 3. The highest BCUT2D eigenvalue weighted by molar-refractivity contribution is 7.12. The molecular weight excluding hydrogens is 390 g/mol. The van der Waals surface area contributed by atoms with Crippen LogP contribution in [0.3, 0.4) is 0 Å². The number of hydrogen-bond acceptors (Lipinski definition) is 5. The Bertz CT molecular complexity index is 1000. The second kappa shape index (κ2) is 9.52. The number of carbonyl (C=O) groups is 3. The van der Waals surface area contributed by atoms with Crippen LogP contribution >= 0.6 is 11.3 Å². The first-order chi connectivity index (χ1) is 14.0. The number of nitrogens with one attached hydrogen (secondary N) is 3. The molecule has 7 nitrogen and oxygen atoms in total. The van der Waals surface area contributed by atoms with Crippen LogP contribution in [-0.4, -0.2) is 35.9 Å². The average Bonchev–Trinajstić information content (AvgIpc) is 3.27. The fourth-order valence-corrected chi connectivity index (χ4v) is 3.16. The zero-order chi connectivity index (χ0) is 20.6. The molecule has 0 aliphatic carbocycles. The minimum atomic E-state index is -0.356. The van der Waals surface area contributed by atoms with E-state index in [2.05, 4.69) is 16.0 Å². The summed E-state index contributed by atoms with van der Waals surface area (Å²) >= 11 is 1.32. The molecule has 0 fully saturated rings. The lowest BCUT2D eigenvalue weighted by atomic mass is 10.1. The van der Waals surface area contributed by atoms with Crippen molar-refractivity contribution in [3.05, 3.63) is 82.0 Å². The van der Waals surface area contributed by atoms with E-state index >= 15 is 0 Å². The van der Waals surface area contributed by atoms with Gasteiger partial charge in [-0.05, 0) is 47.8 Å². The van der Waals surface area contributed by atoms with Crippen molar-refractivity contribution in [2.75, 3.05) is 18.4 Å². The average molecular weight is 409 g/mol. The number of thiophene rings is 1. The molecule has 0 spiro atoms. The van der Waals surface area contributed by atoms with Gasteiger partial charge in [-0.3, -0.25) is 14.4 Å². The second-order valence-electron chi connectivity index (χ2n) is 6.04. The van der Waals surface area contributed by atoms with Crippen molar-refractivity contribution in [2.24, 2.45) is 0 Å². The highest BCUT2D eigenvalue weighted by atomic mass is 32.1. The zero-order valence-corrected chi connectivity index (χ0v) is 16.2. The summed E-state index contributed by atoms with van der Waals surface area (Å²) in [7, 11) is 0. The number of anilines is 1. The third-order valence-corrected chi connectivity index (χ3v) is 4.86. The Hall–Kier alpha value is -3.65. The van der Waals surface area contributed by atoms with Crippen molar-refractivity contribution in [1.29, 1.82) is 0 Å². The number of rotatable bonds is 7. The Kier molecular flexibility index (Phi) is 6.59. The van der Waals surface area contributed by atoms with Crippen LogP contribution in [0.1, 0.15) is 30.4 Å². The molecular formula is C21H19N3O4S. The van der Waals surface area contributed by atoms with Crippen molar-refractivity contribution in [2.45, 2.75) is 0 Å². The normalized spacial score (nSPS) is 10.2. The minimum absolute atomic E-state index is 0.0821. The lowest BCUT2D eigenvalue weighted by molar-refractivity contribution is 0.0927. The zero-order valence-electron chi connectivity index (χ0n) is 15.3. The van der Waals surface area contributed by atoms with Crippen molar-refractivity contribution < 1.29 is 19.5 Å². The smallest absolute Gasteiger partial charge is 0.265 e. The summed E-state index contributed by atoms with van der Waals surface area (Å²) in [6.45, 7) is 0.449. The molecule has 2 aromatic carbocycles. The van der Waals surface area contributed by atoms with Crippen LogP contribution in [0.4, 0.5) is 5.69 Å². The van der Waals surface area contributed by atoms with Crippen molar-refractivity contribution in [3.63, 3.8) is 0 Å². The summed E-state index contributed by atoms with van der Waals surface area (Å²) in [5.74, 6) is -0.853. The highest BCUT2D eigenvalue weighted by Crippen LogP contribution is 2.18. The maximum atomic E-state index is 12.5. The number of hydrogen-bond donors (Lipinski definition) is 4. The van der Waals surface area contributed by atoms with Crippen LogP contribution < -0.4 is 16.0 Å². The van der Waals surface area contributed by atoms with Crippen LogP contribution in [0.5, 0.6) is 5.75 Å². The molecule has 0 bridgehead atoms. The van der Waals surface area contributed by atoms with E-state index in [0.717, 1.165) is 0 Å². The van der Waals surface area contributed by atoms with E-state index in [1.54, 1.807) is 41.8 Å². The third kappa shape index (κ3) is 5.43. The predicted octanol–water partition coefficient (Wildman–Crippen LogP) is 2.87. The second-order valence-corrected chi connectivity index (χ2v) is 6.98. The van der Waals surface area contributed by atoms with E-state index in [9.17, 15) is 19.5 Å². The van der Waals surface area contributed by atoms with Gasteiger partial charge >= 0.3 is 0 Å². The van der Waals surface area contributed by atoms with Crippen LogP contribution in [-0.2, 0) is 0 Å². The van der Waals surface area contributed by atoms with Crippen LogP contribution in [0.25, 0.3) is 0 Å². The number of phenols is 1. The highest BCUT2D eigenvalue weighted by Gasteiger charge is 2.14. The number of benzene rings is 2. The molecule has 0 saturated heterocycles. The first-order valence-electron chi connectivity index (χ1n) is 8.84. The topological polar surface area (TPSA) is 108 Å². The van der Waals surface area contributed by atoms with E-state index in [0.29, 0.717) is 21.7 Å². The maximum Gasteiger partial charge on any atom is 0.265 e. The van der Waals surface area contributed by atoms with Gasteiger partial charge in [-0.25, -0.2) is 0 Å². The number of phenolic OH excluding ortho intramolecular Hbond substituents is 1. The molecule has 3 amide bonds. The minimum Gasteiger partial charge on any atom is -0.508 e. The Morgan fingerprint density at radius 1 is 0.793 bits per heavy atom. The van der Waals surface area contributed by atoms with Gasteiger partial charge in [-0.15, -0.1) is 11.3 Å². The van der Waals surface area contributed by atoms with Crippen molar-refractivity contribution in [3.8, 4) is 5.75 Å². The number of aromatic hydroxyl groups is 1. The van der Waals surface area contributed by atoms with Crippen LogP contribution in [0.15, 0.2) is 66.0 Å². The standard InChI is InChI=1S/C21H19N3O4S/c25-15-9-7-14(8-10-15)19(26)22-11-12-23-20(27)16-4-1-2-5-17(16)24-21(28)18-6-3-13-29-18/h1-10,13,25H,11-12H2,(H,22,26)(H,23,27)(H,24,28). The van der Waals surface area contributed by atoms with Gasteiger partial charge in [0.1, 0.15) is 5.75 Å². The first-order valence-corrected chi connectivity index (χ1v) is 9.72. The maximum absolute atomic E-state index is 12.5. The molecule has 148 valence electrons. The predicted molar refractivity (Wildman–Crippen MR) is 111 cm³/mol. The number of para-hydroxylation sites is 1. The van der Waals surface area contributed by atoms with Gasteiger partial charge in [0.05, 0.1) is 16.1 Å². The van der Waals surface area contributed by atoms with Crippen molar-refractivity contribution in [1.82, 2.24) is 10.6 Å². The van der Waals surface area contributed by atoms with Gasteiger partial charge < -0.3 is 21.1 Å².